The first-order valence-electron chi connectivity index (χ1n) is 7.47. The van der Waals surface area contributed by atoms with Crippen molar-refractivity contribution in [1.29, 1.82) is 0 Å². The van der Waals surface area contributed by atoms with Crippen molar-refractivity contribution in [2.24, 2.45) is 0 Å². The van der Waals surface area contributed by atoms with E-state index in [1.165, 1.54) is 0 Å². The summed E-state index contributed by atoms with van der Waals surface area (Å²) in [6.07, 6.45) is 2.93. The predicted octanol–water partition coefficient (Wildman–Crippen LogP) is 3.01. The average molecular weight is 337 g/mol. The summed E-state index contributed by atoms with van der Waals surface area (Å²) in [7, 11) is 0. The fraction of sp³-hybridized carbons (Fsp3) is 0.400. The highest BCUT2D eigenvalue weighted by Crippen LogP contribution is 2.36. The Kier molecular flexibility index (Phi) is 4.66. The number of benzene rings is 1. The molecule has 1 aromatic carbocycles. The highest BCUT2D eigenvalue weighted by molar-refractivity contribution is 6.33. The molecule has 0 fully saturated rings. The summed E-state index contributed by atoms with van der Waals surface area (Å²) in [6.45, 7) is 2.48. The zero-order chi connectivity index (χ0) is 16.2. The SMILES string of the molecule is CCCCc1noc(CNc2cc3c(cc2Cl)NC(=O)CO3)n1. The van der Waals surface area contributed by atoms with Crippen molar-refractivity contribution >= 4 is 28.9 Å². The normalized spacial score (nSPS) is 13.2. The van der Waals surface area contributed by atoms with Crippen molar-refractivity contribution in [3.8, 4) is 5.75 Å². The van der Waals surface area contributed by atoms with Crippen LogP contribution in [0.1, 0.15) is 31.5 Å². The lowest BCUT2D eigenvalue weighted by Gasteiger charge is -2.19. The Bertz CT molecular complexity index is 717. The molecular formula is C15H17ClN4O3. The molecule has 3 rings (SSSR count). The molecule has 0 saturated heterocycles. The topological polar surface area (TPSA) is 89.3 Å². The maximum absolute atomic E-state index is 11.3. The summed E-state index contributed by atoms with van der Waals surface area (Å²) in [5.41, 5.74) is 1.24. The average Bonchev–Trinajstić information content (AvgIpc) is 2.99. The molecule has 0 atom stereocenters. The van der Waals surface area contributed by atoms with E-state index < -0.39 is 0 Å². The highest BCUT2D eigenvalue weighted by Gasteiger charge is 2.18. The lowest BCUT2D eigenvalue weighted by atomic mass is 10.2. The number of nitrogens with zero attached hydrogens (tertiary/aromatic N) is 2. The number of carbonyl (C=O) groups excluding carboxylic acids is 1. The van der Waals surface area contributed by atoms with E-state index in [1.54, 1.807) is 12.1 Å². The monoisotopic (exact) mass is 336 g/mol. The number of hydrogen-bond donors (Lipinski definition) is 2. The third-order valence-electron chi connectivity index (χ3n) is 3.40. The number of aromatic nitrogens is 2. The molecule has 2 aromatic rings. The minimum Gasteiger partial charge on any atom is -0.482 e. The van der Waals surface area contributed by atoms with E-state index in [1.807, 2.05) is 0 Å². The van der Waals surface area contributed by atoms with Crippen molar-refractivity contribution in [1.82, 2.24) is 10.1 Å². The van der Waals surface area contributed by atoms with Crippen LogP contribution in [0.4, 0.5) is 11.4 Å². The van der Waals surface area contributed by atoms with Crippen LogP contribution in [0.25, 0.3) is 0 Å². The standard InChI is InChI=1S/C15H17ClN4O3/c1-2-3-4-13-19-15(23-20-13)7-17-10-6-12-11(5-9(10)16)18-14(21)8-22-12/h5-6,17H,2-4,7-8H2,1H3,(H,18,21). The molecule has 1 amide bonds. The van der Waals surface area contributed by atoms with Crippen LogP contribution in [0.15, 0.2) is 16.7 Å². The summed E-state index contributed by atoms with van der Waals surface area (Å²) in [6, 6.07) is 3.39. The van der Waals surface area contributed by atoms with Gasteiger partial charge in [-0.3, -0.25) is 4.79 Å². The Balaban J connectivity index is 1.66. The van der Waals surface area contributed by atoms with E-state index in [-0.39, 0.29) is 12.5 Å². The number of aryl methyl sites for hydroxylation is 1. The zero-order valence-electron chi connectivity index (χ0n) is 12.7. The lowest BCUT2D eigenvalue weighted by Crippen LogP contribution is -2.25. The molecule has 1 aromatic heterocycles. The van der Waals surface area contributed by atoms with Crippen molar-refractivity contribution < 1.29 is 14.1 Å². The minimum absolute atomic E-state index is 0.00147. The Morgan fingerprint density at radius 1 is 1.43 bits per heavy atom. The van der Waals surface area contributed by atoms with E-state index in [2.05, 4.69) is 27.7 Å². The Labute approximate surface area is 138 Å². The number of amides is 1. The summed E-state index contributed by atoms with van der Waals surface area (Å²) in [4.78, 5) is 15.6. The molecule has 0 bridgehead atoms. The van der Waals surface area contributed by atoms with Gasteiger partial charge in [-0.15, -0.1) is 0 Å². The van der Waals surface area contributed by atoms with Crippen LogP contribution >= 0.6 is 11.6 Å². The van der Waals surface area contributed by atoms with Gasteiger partial charge in [0.05, 0.1) is 22.9 Å². The second-order valence-corrected chi connectivity index (χ2v) is 5.63. The largest absolute Gasteiger partial charge is 0.482 e. The Hall–Kier alpha value is -2.28. The number of ether oxygens (including phenoxy) is 1. The number of rotatable bonds is 6. The third kappa shape index (κ3) is 3.73. The maximum Gasteiger partial charge on any atom is 0.262 e. The van der Waals surface area contributed by atoms with Gasteiger partial charge in [0.1, 0.15) is 5.75 Å². The smallest absolute Gasteiger partial charge is 0.262 e. The fourth-order valence-electron chi connectivity index (χ4n) is 2.20. The first-order valence-corrected chi connectivity index (χ1v) is 7.85. The van der Waals surface area contributed by atoms with Gasteiger partial charge < -0.3 is 19.9 Å². The molecular weight excluding hydrogens is 320 g/mol. The molecule has 0 spiro atoms. The van der Waals surface area contributed by atoms with Crippen molar-refractivity contribution in [2.75, 3.05) is 17.2 Å². The second kappa shape index (κ2) is 6.87. The van der Waals surface area contributed by atoms with Gasteiger partial charge in [-0.05, 0) is 12.5 Å². The maximum atomic E-state index is 11.3. The molecule has 0 unspecified atom stereocenters. The van der Waals surface area contributed by atoms with E-state index in [0.29, 0.717) is 40.4 Å². The molecule has 0 saturated carbocycles. The van der Waals surface area contributed by atoms with E-state index in [9.17, 15) is 4.79 Å². The van der Waals surface area contributed by atoms with Gasteiger partial charge in [0, 0.05) is 12.5 Å². The first-order chi connectivity index (χ1) is 11.2. The number of halogens is 1. The molecule has 0 aliphatic carbocycles. The van der Waals surface area contributed by atoms with Crippen molar-refractivity contribution in [3.05, 3.63) is 28.9 Å². The predicted molar refractivity (Wildman–Crippen MR) is 85.8 cm³/mol. The van der Waals surface area contributed by atoms with Crippen LogP contribution in [0.3, 0.4) is 0 Å². The van der Waals surface area contributed by atoms with Crippen LogP contribution < -0.4 is 15.4 Å². The molecule has 122 valence electrons. The summed E-state index contributed by atoms with van der Waals surface area (Å²) >= 11 is 6.21. The van der Waals surface area contributed by atoms with Gasteiger partial charge in [0.2, 0.25) is 5.89 Å². The third-order valence-corrected chi connectivity index (χ3v) is 3.71. The number of fused-ring (bicyclic) bond motifs is 1. The van der Waals surface area contributed by atoms with E-state index in [4.69, 9.17) is 20.9 Å². The highest BCUT2D eigenvalue weighted by atomic mass is 35.5. The summed E-state index contributed by atoms with van der Waals surface area (Å²) < 4.78 is 10.6. The molecule has 8 heteroatoms. The van der Waals surface area contributed by atoms with Crippen LogP contribution in [0, 0.1) is 0 Å². The van der Waals surface area contributed by atoms with Gasteiger partial charge >= 0.3 is 0 Å². The van der Waals surface area contributed by atoms with Gasteiger partial charge in [-0.1, -0.05) is 30.1 Å². The van der Waals surface area contributed by atoms with Crippen molar-refractivity contribution in [2.45, 2.75) is 32.7 Å². The van der Waals surface area contributed by atoms with E-state index in [0.717, 1.165) is 19.3 Å². The van der Waals surface area contributed by atoms with Crippen LogP contribution in [-0.4, -0.2) is 22.7 Å². The van der Waals surface area contributed by atoms with Gasteiger partial charge in [-0.25, -0.2) is 0 Å². The number of unbranched alkanes of at least 4 members (excludes halogenated alkanes) is 1. The molecule has 7 nitrogen and oxygen atoms in total. The molecule has 1 aliphatic heterocycles. The second-order valence-electron chi connectivity index (χ2n) is 5.23. The number of nitrogens with one attached hydrogen (secondary N) is 2. The van der Waals surface area contributed by atoms with Gasteiger partial charge in [0.25, 0.3) is 5.91 Å². The molecule has 23 heavy (non-hydrogen) atoms. The van der Waals surface area contributed by atoms with Crippen LogP contribution in [0.2, 0.25) is 5.02 Å². The van der Waals surface area contributed by atoms with Gasteiger partial charge in [0.15, 0.2) is 12.4 Å². The Morgan fingerprint density at radius 3 is 3.13 bits per heavy atom. The Morgan fingerprint density at radius 2 is 2.30 bits per heavy atom. The summed E-state index contributed by atoms with van der Waals surface area (Å²) in [5.74, 6) is 1.59. The van der Waals surface area contributed by atoms with Crippen molar-refractivity contribution in [3.63, 3.8) is 0 Å². The summed E-state index contributed by atoms with van der Waals surface area (Å²) in [5, 5.41) is 10.3. The quantitative estimate of drug-likeness (QED) is 0.842. The van der Waals surface area contributed by atoms with Gasteiger partial charge in [-0.2, -0.15) is 4.98 Å². The molecule has 2 heterocycles. The fourth-order valence-corrected chi connectivity index (χ4v) is 2.44. The minimum atomic E-state index is -0.195. The van der Waals surface area contributed by atoms with E-state index >= 15 is 0 Å². The van der Waals surface area contributed by atoms with Crippen LogP contribution in [-0.2, 0) is 17.8 Å². The first kappa shape index (κ1) is 15.6. The molecule has 1 aliphatic rings. The molecule has 2 N–H and O–H groups in total. The lowest BCUT2D eigenvalue weighted by molar-refractivity contribution is -0.118. The van der Waals surface area contributed by atoms with Crippen LogP contribution in [0.5, 0.6) is 5.75 Å². The number of carbonyl (C=O) groups is 1. The number of anilines is 2. The number of hydrogen-bond acceptors (Lipinski definition) is 6. The zero-order valence-corrected chi connectivity index (χ0v) is 13.4. The molecule has 0 radical (unpaired) electrons.